The highest BCUT2D eigenvalue weighted by Gasteiger charge is 2.04. The Labute approximate surface area is 113 Å². The zero-order valence-corrected chi connectivity index (χ0v) is 10.8. The molecule has 1 heterocycles. The molecule has 3 aromatic rings. The maximum absolute atomic E-state index is 12.8. The highest BCUT2D eigenvalue weighted by Crippen LogP contribution is 2.29. The number of aromatic nitrogens is 2. The van der Waals surface area contributed by atoms with Gasteiger partial charge in [0.05, 0.1) is 17.4 Å². The summed E-state index contributed by atoms with van der Waals surface area (Å²) in [6, 6.07) is 9.84. The first kappa shape index (κ1) is 10.1. The molecule has 0 amide bonds. The van der Waals surface area contributed by atoms with Crippen molar-refractivity contribution in [3.8, 4) is 0 Å². The van der Waals surface area contributed by atoms with E-state index in [1.54, 1.807) is 18.3 Å². The van der Waals surface area contributed by atoms with Crippen LogP contribution in [0.1, 0.15) is 0 Å². The molecular weight excluding hydrogens is 297 g/mol. The monoisotopic (exact) mass is 306 g/mol. The minimum Gasteiger partial charge on any atom is -0.355 e. The van der Waals surface area contributed by atoms with E-state index in [0.717, 1.165) is 31.8 Å². The van der Waals surface area contributed by atoms with E-state index in [2.05, 4.69) is 26.3 Å². The van der Waals surface area contributed by atoms with Gasteiger partial charge in [0.15, 0.2) is 1.41 Å². The molecule has 0 spiro atoms. The largest absolute Gasteiger partial charge is 0.355 e. The lowest BCUT2D eigenvalue weighted by Crippen LogP contribution is -1.91. The van der Waals surface area contributed by atoms with E-state index in [1.165, 1.54) is 12.1 Å². The molecule has 90 valence electrons. The van der Waals surface area contributed by atoms with Crippen LogP contribution >= 0.6 is 15.9 Å². The first-order valence-electron chi connectivity index (χ1n) is 5.77. The second kappa shape index (κ2) is 4.42. The van der Waals surface area contributed by atoms with Crippen LogP contribution in [-0.2, 0) is 0 Å². The van der Waals surface area contributed by atoms with Crippen molar-refractivity contribution < 1.29 is 5.80 Å². The molecule has 2 N–H and O–H groups in total. The van der Waals surface area contributed by atoms with Crippen LogP contribution in [0.3, 0.4) is 0 Å². The zero-order valence-electron chi connectivity index (χ0n) is 10.2. The average Bonchev–Trinajstić information content (AvgIpc) is 2.74. The molecule has 2 aromatic carbocycles. The van der Waals surface area contributed by atoms with E-state index in [1.807, 2.05) is 12.1 Å². The molecule has 0 bridgehead atoms. The fourth-order valence-corrected chi connectivity index (χ4v) is 2.14. The summed E-state index contributed by atoms with van der Waals surface area (Å²) in [5.74, 6) is -0.268. The van der Waals surface area contributed by atoms with Gasteiger partial charge >= 0.3 is 0 Å². The van der Waals surface area contributed by atoms with Crippen molar-refractivity contribution in [2.75, 3.05) is 5.32 Å². The number of hydrogen-bond acceptors (Lipinski definition) is 2. The third kappa shape index (κ3) is 2.09. The summed E-state index contributed by atoms with van der Waals surface area (Å²) in [6.45, 7) is 0. The Morgan fingerprint density at radius 2 is 2.06 bits per heavy atom. The Morgan fingerprint density at radius 1 is 1.28 bits per heavy atom. The predicted molar refractivity (Wildman–Crippen MR) is 73.5 cm³/mol. The molecule has 0 saturated carbocycles. The van der Waals surface area contributed by atoms with E-state index >= 15 is 0 Å². The fraction of sp³-hybridized carbons (Fsp3) is 0. The Morgan fingerprint density at radius 3 is 2.83 bits per heavy atom. The second-order valence-electron chi connectivity index (χ2n) is 3.87. The van der Waals surface area contributed by atoms with Crippen LogP contribution < -0.4 is 5.32 Å². The molecule has 0 saturated heterocycles. The van der Waals surface area contributed by atoms with E-state index in [9.17, 15) is 4.39 Å². The molecule has 0 aliphatic carbocycles. The third-order valence-corrected chi connectivity index (χ3v) is 3.26. The normalized spacial score (nSPS) is 11.6. The van der Waals surface area contributed by atoms with Crippen molar-refractivity contribution in [2.45, 2.75) is 0 Å². The van der Waals surface area contributed by atoms with E-state index < -0.39 is 0 Å². The van der Waals surface area contributed by atoms with Gasteiger partial charge in [-0.25, -0.2) is 4.39 Å². The van der Waals surface area contributed by atoms with Gasteiger partial charge in [-0.05, 0) is 52.3 Å². The second-order valence-corrected chi connectivity index (χ2v) is 4.72. The molecule has 5 heteroatoms. The van der Waals surface area contributed by atoms with Crippen LogP contribution in [0, 0.1) is 5.82 Å². The maximum Gasteiger partial charge on any atom is 0.190 e. The lowest BCUT2D eigenvalue weighted by atomic mass is 10.2. The Balaban J connectivity index is 2.00. The van der Waals surface area contributed by atoms with E-state index in [0.29, 0.717) is 0 Å². The van der Waals surface area contributed by atoms with Gasteiger partial charge in [-0.15, -0.1) is 0 Å². The lowest BCUT2D eigenvalue weighted by Gasteiger charge is -2.08. The van der Waals surface area contributed by atoms with Gasteiger partial charge in [0.25, 0.3) is 0 Å². The van der Waals surface area contributed by atoms with Crippen LogP contribution in [0.15, 0.2) is 47.1 Å². The standard InChI is InChI=1S/C13H9BrFN3/c14-11-6-12-8(7-16-18-12)5-13(11)17-10-3-1-9(15)2-4-10/h1-7,17H,(H,16,18)/i/hD. The first-order chi connectivity index (χ1) is 9.13. The number of halogens is 2. The zero-order chi connectivity index (χ0) is 13.4. The SMILES string of the molecule is [2H]n1ncc2cc(Nc3ccc(F)cc3)c(Br)cc21. The number of fused-ring (bicyclic) bond motifs is 1. The molecular formula is C13H9BrFN3. The summed E-state index contributed by atoms with van der Waals surface area (Å²) in [5.41, 5.74) is 2.35. The number of H-pyrrole nitrogens is 1. The van der Waals surface area contributed by atoms with Crippen LogP contribution in [0.25, 0.3) is 10.9 Å². The molecule has 0 aliphatic heterocycles. The lowest BCUT2D eigenvalue weighted by molar-refractivity contribution is 0.628. The number of anilines is 2. The van der Waals surface area contributed by atoms with Crippen molar-refractivity contribution >= 4 is 38.2 Å². The average molecular weight is 307 g/mol. The predicted octanol–water partition coefficient (Wildman–Crippen LogP) is 4.21. The molecule has 1 aromatic heterocycles. The number of nitrogens with one attached hydrogen (secondary N) is 2. The molecule has 0 atom stereocenters. The molecule has 18 heavy (non-hydrogen) atoms. The smallest absolute Gasteiger partial charge is 0.190 e. The van der Waals surface area contributed by atoms with Gasteiger partial charge in [-0.1, -0.05) is 0 Å². The summed E-state index contributed by atoms with van der Waals surface area (Å²) >= 11 is 3.45. The van der Waals surface area contributed by atoms with Crippen molar-refractivity contribution in [2.24, 2.45) is 0 Å². The van der Waals surface area contributed by atoms with Gasteiger partial charge in [-0.2, -0.15) is 5.10 Å². The number of nitrogens with zero attached hydrogens (tertiary/aromatic N) is 1. The van der Waals surface area contributed by atoms with Crippen LogP contribution in [0.5, 0.6) is 0 Å². The Kier molecular flexibility index (Phi) is 2.47. The Bertz CT molecular complexity index is 739. The highest BCUT2D eigenvalue weighted by atomic mass is 79.9. The van der Waals surface area contributed by atoms with Crippen molar-refractivity contribution in [1.82, 2.24) is 10.2 Å². The molecule has 3 nitrogen and oxygen atoms in total. The van der Waals surface area contributed by atoms with Crippen LogP contribution in [0.2, 0.25) is 1.41 Å². The summed E-state index contributed by atoms with van der Waals surface area (Å²) in [5, 5.41) is 9.01. The molecule has 0 fully saturated rings. The minimum absolute atomic E-state index is 0.268. The van der Waals surface area contributed by atoms with Crippen LogP contribution in [-0.4, -0.2) is 10.2 Å². The van der Waals surface area contributed by atoms with Crippen molar-refractivity contribution in [3.63, 3.8) is 0 Å². The third-order valence-electron chi connectivity index (χ3n) is 2.60. The van der Waals surface area contributed by atoms with Gasteiger partial charge in [0.2, 0.25) is 0 Å². The Hall–Kier alpha value is -1.88. The van der Waals surface area contributed by atoms with Gasteiger partial charge in [0, 0.05) is 15.5 Å². The number of rotatable bonds is 2. The summed E-state index contributed by atoms with van der Waals surface area (Å²) in [7, 11) is 0. The van der Waals surface area contributed by atoms with Crippen molar-refractivity contribution in [3.05, 3.63) is 52.9 Å². The first-order valence-corrected chi connectivity index (χ1v) is 6.12. The highest BCUT2D eigenvalue weighted by molar-refractivity contribution is 9.10. The molecule has 0 aliphatic rings. The minimum atomic E-state index is -0.268. The molecule has 0 radical (unpaired) electrons. The molecule has 3 rings (SSSR count). The summed E-state index contributed by atoms with van der Waals surface area (Å²) < 4.78 is 21.2. The summed E-state index contributed by atoms with van der Waals surface area (Å²) in [6.07, 6.45) is 1.63. The number of benzene rings is 2. The van der Waals surface area contributed by atoms with E-state index in [4.69, 9.17) is 1.41 Å². The van der Waals surface area contributed by atoms with Crippen LogP contribution in [0.4, 0.5) is 15.8 Å². The van der Waals surface area contributed by atoms with Gasteiger partial charge in [-0.3, -0.25) is 5.09 Å². The molecule has 0 unspecified atom stereocenters. The summed E-state index contributed by atoms with van der Waals surface area (Å²) in [4.78, 5) is 0. The van der Waals surface area contributed by atoms with Crippen molar-refractivity contribution in [1.29, 1.82) is 0 Å². The number of aromatic amines is 1. The van der Waals surface area contributed by atoms with Gasteiger partial charge in [0.1, 0.15) is 5.82 Å². The fourth-order valence-electron chi connectivity index (χ4n) is 1.71. The quantitative estimate of drug-likeness (QED) is 0.744. The topological polar surface area (TPSA) is 40.7 Å². The number of hydrogen-bond donors (Lipinski definition) is 2. The maximum atomic E-state index is 12.8. The van der Waals surface area contributed by atoms with E-state index in [-0.39, 0.29) is 5.82 Å². The van der Waals surface area contributed by atoms with Gasteiger partial charge < -0.3 is 5.32 Å².